The van der Waals surface area contributed by atoms with E-state index in [-0.39, 0.29) is 6.42 Å². The van der Waals surface area contributed by atoms with Gasteiger partial charge in [0.2, 0.25) is 0 Å². The fraction of sp³-hybridized carbons (Fsp3) is 0.556. The summed E-state index contributed by atoms with van der Waals surface area (Å²) in [5, 5.41) is 15.6. The summed E-state index contributed by atoms with van der Waals surface area (Å²) < 4.78 is 0. The van der Waals surface area contributed by atoms with E-state index in [1.165, 1.54) is 0 Å². The minimum Gasteiger partial charge on any atom is -0.481 e. The summed E-state index contributed by atoms with van der Waals surface area (Å²) in [6.45, 7) is 3.96. The second-order valence-corrected chi connectivity index (χ2v) is 2.91. The van der Waals surface area contributed by atoms with Gasteiger partial charge in [-0.2, -0.15) is 5.10 Å². The molecule has 0 atom stereocenters. The van der Waals surface area contributed by atoms with Crippen molar-refractivity contribution in [2.45, 2.75) is 33.1 Å². The maximum absolute atomic E-state index is 10.6. The maximum atomic E-state index is 10.6. The molecule has 1 rings (SSSR count). The molecule has 0 aromatic carbocycles. The Labute approximate surface area is 77.0 Å². The van der Waals surface area contributed by atoms with Crippen molar-refractivity contribution in [1.82, 2.24) is 10.2 Å². The highest BCUT2D eigenvalue weighted by Crippen LogP contribution is 2.13. The number of aryl methyl sites for hydroxylation is 2. The molecule has 0 radical (unpaired) electrons. The van der Waals surface area contributed by atoms with Gasteiger partial charge in [0.15, 0.2) is 0 Å². The first kappa shape index (κ1) is 9.77. The van der Waals surface area contributed by atoms with Gasteiger partial charge in [-0.3, -0.25) is 9.89 Å². The molecule has 4 heteroatoms. The summed E-state index contributed by atoms with van der Waals surface area (Å²) in [6.07, 6.45) is 1.65. The zero-order valence-corrected chi connectivity index (χ0v) is 7.92. The van der Waals surface area contributed by atoms with Crippen molar-refractivity contribution in [1.29, 1.82) is 0 Å². The van der Waals surface area contributed by atoms with Crippen LogP contribution in [0.2, 0.25) is 0 Å². The molecule has 0 saturated heterocycles. The van der Waals surface area contributed by atoms with Gasteiger partial charge < -0.3 is 5.11 Å². The molecule has 0 spiro atoms. The Morgan fingerprint density at radius 3 is 2.62 bits per heavy atom. The van der Waals surface area contributed by atoms with E-state index in [9.17, 15) is 4.79 Å². The third kappa shape index (κ3) is 2.08. The lowest BCUT2D eigenvalue weighted by Crippen LogP contribution is -2.04. The lowest BCUT2D eigenvalue weighted by Gasteiger charge is -1.98. The van der Waals surface area contributed by atoms with Crippen LogP contribution in [-0.2, 0) is 24.1 Å². The van der Waals surface area contributed by atoms with E-state index in [0.29, 0.717) is 0 Å². The standard InChI is InChI=1S/C9H14N2O2/c1-3-7-6(5-9(12)13)8(4-2)11-10-7/h3-5H2,1-2H3,(H,10,11)(H,12,13). The van der Waals surface area contributed by atoms with Crippen LogP contribution in [0.5, 0.6) is 0 Å². The van der Waals surface area contributed by atoms with E-state index in [1.807, 2.05) is 13.8 Å². The first-order valence-corrected chi connectivity index (χ1v) is 4.45. The third-order valence-electron chi connectivity index (χ3n) is 2.05. The number of aromatic amines is 1. The van der Waals surface area contributed by atoms with E-state index in [0.717, 1.165) is 29.8 Å². The monoisotopic (exact) mass is 182 g/mol. The van der Waals surface area contributed by atoms with Crippen LogP contribution in [0.25, 0.3) is 0 Å². The number of aliphatic carboxylic acids is 1. The van der Waals surface area contributed by atoms with E-state index in [2.05, 4.69) is 10.2 Å². The quantitative estimate of drug-likeness (QED) is 0.734. The Morgan fingerprint density at radius 2 is 2.15 bits per heavy atom. The fourth-order valence-corrected chi connectivity index (χ4v) is 1.39. The minimum absolute atomic E-state index is 0.0723. The number of hydrogen-bond donors (Lipinski definition) is 2. The van der Waals surface area contributed by atoms with Crippen molar-refractivity contribution in [2.24, 2.45) is 0 Å². The molecule has 0 aliphatic carbocycles. The van der Waals surface area contributed by atoms with Crippen molar-refractivity contribution < 1.29 is 9.90 Å². The van der Waals surface area contributed by atoms with Crippen LogP contribution in [0.3, 0.4) is 0 Å². The predicted octanol–water partition coefficient (Wildman–Crippen LogP) is 1.16. The second-order valence-electron chi connectivity index (χ2n) is 2.91. The topological polar surface area (TPSA) is 66.0 Å². The van der Waals surface area contributed by atoms with Gasteiger partial charge >= 0.3 is 5.97 Å². The highest BCUT2D eigenvalue weighted by atomic mass is 16.4. The SMILES string of the molecule is CCc1n[nH]c(CC)c1CC(=O)O. The van der Waals surface area contributed by atoms with Crippen LogP contribution < -0.4 is 0 Å². The number of aromatic nitrogens is 2. The molecule has 0 fully saturated rings. The summed E-state index contributed by atoms with van der Waals surface area (Å²) >= 11 is 0. The number of rotatable bonds is 4. The van der Waals surface area contributed by atoms with Gasteiger partial charge in [-0.25, -0.2) is 0 Å². The Morgan fingerprint density at radius 1 is 1.46 bits per heavy atom. The molecular weight excluding hydrogens is 168 g/mol. The molecule has 1 aromatic heterocycles. The van der Waals surface area contributed by atoms with E-state index in [1.54, 1.807) is 0 Å². The highest BCUT2D eigenvalue weighted by molar-refractivity contribution is 5.71. The number of nitrogens with zero attached hydrogens (tertiary/aromatic N) is 1. The zero-order valence-electron chi connectivity index (χ0n) is 7.92. The van der Waals surface area contributed by atoms with E-state index >= 15 is 0 Å². The third-order valence-corrected chi connectivity index (χ3v) is 2.05. The molecule has 0 aliphatic rings. The Kier molecular flexibility index (Phi) is 3.06. The molecule has 0 aliphatic heterocycles. The molecule has 72 valence electrons. The fourth-order valence-electron chi connectivity index (χ4n) is 1.39. The van der Waals surface area contributed by atoms with Gasteiger partial charge in [-0.05, 0) is 12.8 Å². The largest absolute Gasteiger partial charge is 0.481 e. The average molecular weight is 182 g/mol. The number of hydrogen-bond acceptors (Lipinski definition) is 2. The maximum Gasteiger partial charge on any atom is 0.307 e. The number of carboxylic acids is 1. The summed E-state index contributed by atoms with van der Waals surface area (Å²) in [5.74, 6) is -0.800. The molecule has 4 nitrogen and oxygen atoms in total. The molecule has 0 saturated carbocycles. The van der Waals surface area contributed by atoms with Crippen molar-refractivity contribution >= 4 is 5.97 Å². The summed E-state index contributed by atoms with van der Waals surface area (Å²) in [5.41, 5.74) is 2.68. The van der Waals surface area contributed by atoms with Crippen LogP contribution in [0.1, 0.15) is 30.8 Å². The first-order valence-electron chi connectivity index (χ1n) is 4.45. The Bertz CT molecular complexity index is 283. The van der Waals surface area contributed by atoms with Gasteiger partial charge in [0, 0.05) is 11.3 Å². The number of carboxylic acid groups (broad SMARTS) is 1. The first-order chi connectivity index (χ1) is 6.19. The molecule has 0 bridgehead atoms. The van der Waals surface area contributed by atoms with Crippen LogP contribution in [0.15, 0.2) is 0 Å². The summed E-state index contributed by atoms with van der Waals surface area (Å²) in [4.78, 5) is 10.6. The van der Waals surface area contributed by atoms with Gasteiger partial charge in [0.1, 0.15) is 0 Å². The Hall–Kier alpha value is -1.32. The predicted molar refractivity (Wildman–Crippen MR) is 48.7 cm³/mol. The molecule has 0 amide bonds. The normalized spacial score (nSPS) is 10.3. The summed E-state index contributed by atoms with van der Waals surface area (Å²) in [6, 6.07) is 0. The van der Waals surface area contributed by atoms with Crippen LogP contribution in [-0.4, -0.2) is 21.3 Å². The van der Waals surface area contributed by atoms with Gasteiger partial charge in [0.25, 0.3) is 0 Å². The van der Waals surface area contributed by atoms with Crippen LogP contribution in [0.4, 0.5) is 0 Å². The minimum atomic E-state index is -0.800. The number of H-pyrrole nitrogens is 1. The molecular formula is C9H14N2O2. The smallest absolute Gasteiger partial charge is 0.307 e. The molecule has 1 heterocycles. The molecule has 1 aromatic rings. The number of nitrogens with one attached hydrogen (secondary N) is 1. The van der Waals surface area contributed by atoms with Crippen molar-refractivity contribution in [3.8, 4) is 0 Å². The van der Waals surface area contributed by atoms with E-state index in [4.69, 9.17) is 5.11 Å². The van der Waals surface area contributed by atoms with Gasteiger partial charge in [-0.15, -0.1) is 0 Å². The molecule has 2 N–H and O–H groups in total. The molecule has 13 heavy (non-hydrogen) atoms. The average Bonchev–Trinajstić information content (AvgIpc) is 2.46. The lowest BCUT2D eigenvalue weighted by molar-refractivity contribution is -0.136. The summed E-state index contributed by atoms with van der Waals surface area (Å²) in [7, 11) is 0. The highest BCUT2D eigenvalue weighted by Gasteiger charge is 2.13. The lowest BCUT2D eigenvalue weighted by atomic mass is 10.1. The van der Waals surface area contributed by atoms with Crippen LogP contribution >= 0.6 is 0 Å². The Balaban J connectivity index is 2.97. The number of carbonyl (C=O) groups is 1. The van der Waals surface area contributed by atoms with Crippen molar-refractivity contribution in [3.63, 3.8) is 0 Å². The van der Waals surface area contributed by atoms with E-state index < -0.39 is 5.97 Å². The van der Waals surface area contributed by atoms with Crippen molar-refractivity contribution in [2.75, 3.05) is 0 Å². The van der Waals surface area contributed by atoms with Gasteiger partial charge in [-0.1, -0.05) is 13.8 Å². The second kappa shape index (κ2) is 4.07. The van der Waals surface area contributed by atoms with Crippen LogP contribution in [0, 0.1) is 0 Å². The van der Waals surface area contributed by atoms with Crippen molar-refractivity contribution in [3.05, 3.63) is 17.0 Å². The zero-order chi connectivity index (χ0) is 9.84. The molecule has 0 unspecified atom stereocenters. The van der Waals surface area contributed by atoms with Gasteiger partial charge in [0.05, 0.1) is 12.1 Å².